The van der Waals surface area contributed by atoms with Crippen molar-refractivity contribution in [1.29, 1.82) is 0 Å². The number of piperidine rings is 2. The molecule has 2 heterocycles. The number of carboxylic acids is 1. The fourth-order valence-electron chi connectivity index (χ4n) is 4.31. The molecule has 0 radical (unpaired) electrons. The van der Waals surface area contributed by atoms with Crippen LogP contribution in [0, 0.1) is 23.6 Å². The number of halogens is 2. The topological polar surface area (TPSA) is 82.1 Å². The van der Waals surface area contributed by atoms with E-state index in [1.165, 1.54) is 17.7 Å². The second kappa shape index (κ2) is 12.1. The minimum atomic E-state index is -0.943. The van der Waals surface area contributed by atoms with Crippen molar-refractivity contribution in [2.24, 2.45) is 5.92 Å². The standard InChI is InChI=1S/C25H33F2N3O4/c1-17(2)34-25(33)30-11-6-19(7-12-30)13-18-4-9-29(10-5-18)23-15-21(26)20(14-22(23)27)16-28-8-3-24(31)32/h14-15,17,19,28H,3-12,16H2,1-2H3/p+1. The van der Waals surface area contributed by atoms with Crippen molar-refractivity contribution in [1.82, 2.24) is 10.2 Å². The number of ether oxygens (including phenoxy) is 1. The molecule has 0 aromatic heterocycles. The Morgan fingerprint density at radius 1 is 1.15 bits per heavy atom. The van der Waals surface area contributed by atoms with Gasteiger partial charge in [0.05, 0.1) is 18.2 Å². The molecule has 0 saturated carbocycles. The van der Waals surface area contributed by atoms with E-state index in [1.54, 1.807) is 4.90 Å². The number of carbonyl (C=O) groups excluding carboxylic acids is 1. The van der Waals surface area contributed by atoms with Crippen LogP contribution < -0.4 is 10.2 Å². The number of rotatable bonds is 8. The first-order valence-corrected chi connectivity index (χ1v) is 11.9. The van der Waals surface area contributed by atoms with Crippen molar-refractivity contribution in [3.8, 4) is 0 Å². The highest BCUT2D eigenvalue weighted by Gasteiger charge is 2.32. The SMILES string of the molecule is CC(C)OC(=O)N1CCC([C+]=C2CCN(c3cc(F)c(CNCCC(=O)O)cc3F)CC2)CC1. The van der Waals surface area contributed by atoms with Crippen molar-refractivity contribution in [2.45, 2.75) is 58.6 Å². The van der Waals surface area contributed by atoms with Crippen LogP contribution in [0.5, 0.6) is 0 Å². The molecular formula is C25H34F2N3O4+. The number of allylic oxidation sites excluding steroid dienone is 1. The van der Waals surface area contributed by atoms with Gasteiger partial charge in [-0.1, -0.05) is 0 Å². The Morgan fingerprint density at radius 2 is 1.82 bits per heavy atom. The second-order valence-corrected chi connectivity index (χ2v) is 9.14. The Labute approximate surface area is 199 Å². The van der Waals surface area contributed by atoms with E-state index in [0.717, 1.165) is 25.7 Å². The molecule has 2 saturated heterocycles. The Kier molecular flexibility index (Phi) is 9.19. The van der Waals surface area contributed by atoms with E-state index in [-0.39, 0.29) is 43.0 Å². The lowest BCUT2D eigenvalue weighted by atomic mass is 9.91. The smallest absolute Gasteiger partial charge is 0.410 e. The average Bonchev–Trinajstić information content (AvgIpc) is 2.79. The van der Waals surface area contributed by atoms with Gasteiger partial charge in [0.2, 0.25) is 6.08 Å². The summed E-state index contributed by atoms with van der Waals surface area (Å²) in [6.45, 7) is 6.44. The molecule has 0 bridgehead atoms. The fraction of sp³-hybridized carbons (Fsp3) is 0.600. The van der Waals surface area contributed by atoms with Crippen LogP contribution >= 0.6 is 0 Å². The van der Waals surface area contributed by atoms with Gasteiger partial charge in [-0.3, -0.25) is 4.79 Å². The fourth-order valence-corrected chi connectivity index (χ4v) is 4.31. The molecule has 7 nitrogen and oxygen atoms in total. The maximum atomic E-state index is 14.7. The number of likely N-dealkylation sites (tertiary alicyclic amines) is 1. The van der Waals surface area contributed by atoms with Crippen LogP contribution in [0.15, 0.2) is 17.7 Å². The number of nitrogens with zero attached hydrogens (tertiary/aromatic N) is 2. The summed E-state index contributed by atoms with van der Waals surface area (Å²) in [5, 5.41) is 11.5. The molecule has 2 N–H and O–H groups in total. The van der Waals surface area contributed by atoms with Gasteiger partial charge in [0.25, 0.3) is 0 Å². The van der Waals surface area contributed by atoms with Crippen LogP contribution in [-0.4, -0.2) is 60.9 Å². The molecular weight excluding hydrogens is 444 g/mol. The van der Waals surface area contributed by atoms with Gasteiger partial charge in [-0.15, -0.1) is 0 Å². The molecule has 0 unspecified atom stereocenters. The zero-order chi connectivity index (χ0) is 24.7. The molecule has 1 aromatic carbocycles. The van der Waals surface area contributed by atoms with Gasteiger partial charge in [0.15, 0.2) is 11.5 Å². The molecule has 2 aliphatic rings. The normalized spacial score (nSPS) is 17.1. The Bertz CT molecular complexity index is 888. The van der Waals surface area contributed by atoms with Crippen LogP contribution in [0.25, 0.3) is 0 Å². The molecule has 1 aromatic rings. The van der Waals surface area contributed by atoms with E-state index in [4.69, 9.17) is 9.84 Å². The van der Waals surface area contributed by atoms with E-state index in [9.17, 15) is 18.4 Å². The number of hydrogen-bond donors (Lipinski definition) is 2. The number of amides is 1. The van der Waals surface area contributed by atoms with Crippen molar-refractivity contribution < 1.29 is 28.2 Å². The predicted octanol–water partition coefficient (Wildman–Crippen LogP) is 4.12. The predicted molar refractivity (Wildman–Crippen MR) is 124 cm³/mol. The zero-order valence-electron chi connectivity index (χ0n) is 19.9. The van der Waals surface area contributed by atoms with E-state index < -0.39 is 17.6 Å². The first-order chi connectivity index (χ1) is 16.2. The minimum Gasteiger partial charge on any atom is -0.481 e. The lowest BCUT2D eigenvalue weighted by Crippen LogP contribution is -2.39. The number of anilines is 1. The lowest BCUT2D eigenvalue weighted by Gasteiger charge is -2.29. The molecule has 1 amide bonds. The highest BCUT2D eigenvalue weighted by molar-refractivity contribution is 5.68. The van der Waals surface area contributed by atoms with E-state index in [1.807, 2.05) is 18.7 Å². The number of carboxylic acid groups (broad SMARTS) is 1. The largest absolute Gasteiger partial charge is 0.481 e. The maximum Gasteiger partial charge on any atom is 0.410 e. The number of benzene rings is 1. The summed E-state index contributed by atoms with van der Waals surface area (Å²) in [5.74, 6) is -1.63. The zero-order valence-corrected chi connectivity index (χ0v) is 19.9. The Morgan fingerprint density at radius 3 is 2.44 bits per heavy atom. The third-order valence-electron chi connectivity index (χ3n) is 6.15. The molecule has 3 rings (SSSR count). The van der Waals surface area contributed by atoms with Gasteiger partial charge in [-0.05, 0) is 19.9 Å². The minimum absolute atomic E-state index is 0.0756. The first kappa shape index (κ1) is 25.8. The van der Waals surface area contributed by atoms with E-state index >= 15 is 0 Å². The summed E-state index contributed by atoms with van der Waals surface area (Å²) < 4.78 is 34.5. The maximum absolute atomic E-state index is 14.7. The van der Waals surface area contributed by atoms with Crippen LogP contribution in [0.3, 0.4) is 0 Å². The molecule has 0 aliphatic carbocycles. The van der Waals surface area contributed by atoms with E-state index in [0.29, 0.717) is 32.1 Å². The van der Waals surface area contributed by atoms with Crippen molar-refractivity contribution in [3.63, 3.8) is 0 Å². The highest BCUT2D eigenvalue weighted by atomic mass is 19.1. The lowest BCUT2D eigenvalue weighted by molar-refractivity contribution is -0.136. The molecule has 2 fully saturated rings. The van der Waals surface area contributed by atoms with E-state index in [2.05, 4.69) is 11.4 Å². The Hall–Kier alpha value is -2.77. The molecule has 9 heteroatoms. The van der Waals surface area contributed by atoms with Crippen LogP contribution in [0.4, 0.5) is 19.3 Å². The van der Waals surface area contributed by atoms with Crippen molar-refractivity contribution >= 4 is 17.7 Å². The monoisotopic (exact) mass is 478 g/mol. The van der Waals surface area contributed by atoms with Crippen LogP contribution in [-0.2, 0) is 16.1 Å². The van der Waals surface area contributed by atoms with Gasteiger partial charge < -0.3 is 25.0 Å². The van der Waals surface area contributed by atoms with Gasteiger partial charge in [-0.2, -0.15) is 0 Å². The summed E-state index contributed by atoms with van der Waals surface area (Å²) in [6, 6.07) is 2.42. The van der Waals surface area contributed by atoms with Gasteiger partial charge in [0.1, 0.15) is 11.6 Å². The molecule has 0 spiro atoms. The summed E-state index contributed by atoms with van der Waals surface area (Å²) in [5.41, 5.74) is 1.64. The number of nitrogens with one attached hydrogen (secondary N) is 1. The number of hydrogen-bond acceptors (Lipinski definition) is 5. The molecule has 0 atom stereocenters. The molecule has 186 valence electrons. The van der Waals surface area contributed by atoms with Gasteiger partial charge >= 0.3 is 12.1 Å². The average molecular weight is 479 g/mol. The van der Waals surface area contributed by atoms with Crippen LogP contribution in [0.1, 0.15) is 51.5 Å². The summed E-state index contributed by atoms with van der Waals surface area (Å²) >= 11 is 0. The van der Waals surface area contributed by atoms with Gasteiger partial charge in [-0.25, -0.2) is 13.6 Å². The number of aliphatic carboxylic acids is 1. The highest BCUT2D eigenvalue weighted by Crippen LogP contribution is 2.29. The molecule has 34 heavy (non-hydrogen) atoms. The summed E-state index contributed by atoms with van der Waals surface area (Å²) in [4.78, 5) is 26.2. The third-order valence-corrected chi connectivity index (χ3v) is 6.15. The second-order valence-electron chi connectivity index (χ2n) is 9.14. The summed E-state index contributed by atoms with van der Waals surface area (Å²) in [6.07, 6.45) is 6.32. The molecule has 2 aliphatic heterocycles. The van der Waals surface area contributed by atoms with Gasteiger partial charge in [0, 0.05) is 76.6 Å². The van der Waals surface area contributed by atoms with Crippen LogP contribution in [0.2, 0.25) is 0 Å². The summed E-state index contributed by atoms with van der Waals surface area (Å²) in [7, 11) is 0. The first-order valence-electron chi connectivity index (χ1n) is 11.9. The van der Waals surface area contributed by atoms with Crippen molar-refractivity contribution in [3.05, 3.63) is 41.0 Å². The Balaban J connectivity index is 1.49. The van der Waals surface area contributed by atoms with Crippen molar-refractivity contribution in [2.75, 3.05) is 37.6 Å². The number of carbonyl (C=O) groups is 2. The third kappa shape index (κ3) is 7.37. The quantitative estimate of drug-likeness (QED) is 0.432.